The molecule has 0 fully saturated rings. The van der Waals surface area contributed by atoms with Gasteiger partial charge in [0, 0.05) is 6.42 Å². The van der Waals surface area contributed by atoms with Crippen molar-refractivity contribution < 1.29 is 14.7 Å². The number of carbonyl (C=O) groups excluding carboxylic acids is 1. The van der Waals surface area contributed by atoms with Crippen LogP contribution in [0.2, 0.25) is 0 Å². The lowest BCUT2D eigenvalue weighted by Gasteiger charge is -2.08. The zero-order valence-electron chi connectivity index (χ0n) is 15.9. The van der Waals surface area contributed by atoms with Crippen molar-refractivity contribution in [3.8, 4) is 0 Å². The van der Waals surface area contributed by atoms with Crippen LogP contribution >= 0.6 is 0 Å². The molecule has 0 aliphatic carbocycles. The molecule has 0 unspecified atom stereocenters. The summed E-state index contributed by atoms with van der Waals surface area (Å²) in [6.07, 6.45) is 17.4. The summed E-state index contributed by atoms with van der Waals surface area (Å²) in [6.45, 7) is 3.99. The average Bonchev–Trinajstić information content (AvgIpc) is 2.56. The van der Waals surface area contributed by atoms with Gasteiger partial charge >= 0.3 is 5.97 Å². The van der Waals surface area contributed by atoms with E-state index in [0.29, 0.717) is 6.42 Å². The highest BCUT2D eigenvalue weighted by Crippen LogP contribution is 2.12. The Labute approximate surface area is 148 Å². The van der Waals surface area contributed by atoms with Crippen LogP contribution in [0.4, 0.5) is 0 Å². The van der Waals surface area contributed by atoms with Crippen LogP contribution in [-0.2, 0) is 9.59 Å². The predicted octanol–water partition coefficient (Wildman–Crippen LogP) is 5.10. The van der Waals surface area contributed by atoms with Gasteiger partial charge in [-0.1, -0.05) is 84.0 Å². The van der Waals surface area contributed by atoms with E-state index < -0.39 is 12.0 Å². The second-order valence-corrected chi connectivity index (χ2v) is 6.97. The van der Waals surface area contributed by atoms with Crippen molar-refractivity contribution in [3.05, 3.63) is 0 Å². The van der Waals surface area contributed by atoms with Crippen molar-refractivity contribution in [2.45, 2.75) is 110 Å². The molecule has 0 amide bonds. The van der Waals surface area contributed by atoms with E-state index in [4.69, 9.17) is 5.11 Å². The van der Waals surface area contributed by atoms with E-state index >= 15 is 0 Å². The number of ketones is 1. The minimum absolute atomic E-state index is 0.117. The highest BCUT2D eigenvalue weighted by Gasteiger charge is 2.11. The van der Waals surface area contributed by atoms with Crippen LogP contribution in [0.25, 0.3) is 0 Å². The van der Waals surface area contributed by atoms with Gasteiger partial charge in [0.2, 0.25) is 0 Å². The number of carboxylic acids is 1. The molecule has 142 valence electrons. The topological polar surface area (TPSA) is 66.4 Å². The van der Waals surface area contributed by atoms with E-state index in [1.54, 1.807) is 6.92 Å². The predicted molar refractivity (Wildman–Crippen MR) is 100 cm³/mol. The summed E-state index contributed by atoms with van der Waals surface area (Å²) in [4.78, 5) is 22.2. The molecule has 0 spiro atoms. The van der Waals surface area contributed by atoms with Gasteiger partial charge < -0.3 is 5.11 Å². The first-order chi connectivity index (χ1) is 11.6. The Balaban J connectivity index is 3.22. The molecule has 0 aromatic heterocycles. The van der Waals surface area contributed by atoms with Crippen LogP contribution in [0.5, 0.6) is 0 Å². The summed E-state index contributed by atoms with van der Waals surface area (Å²) in [7, 11) is 0. The van der Waals surface area contributed by atoms with E-state index in [2.05, 4.69) is 12.2 Å². The number of aliphatic carboxylic acids is 1. The van der Waals surface area contributed by atoms with Crippen LogP contribution in [-0.4, -0.2) is 29.4 Å². The molecule has 4 heteroatoms. The Morgan fingerprint density at radius 2 is 1.21 bits per heavy atom. The number of rotatable bonds is 18. The first kappa shape index (κ1) is 23.1. The number of carbonyl (C=O) groups is 2. The number of carboxylic acid groups (broad SMARTS) is 1. The molecule has 0 radical (unpaired) electrons. The molecule has 0 heterocycles. The van der Waals surface area contributed by atoms with Crippen LogP contribution < -0.4 is 5.32 Å². The quantitative estimate of drug-likeness (QED) is 0.340. The number of hydrogen-bond acceptors (Lipinski definition) is 3. The van der Waals surface area contributed by atoms with Crippen molar-refractivity contribution in [2.75, 3.05) is 6.54 Å². The molecule has 0 aromatic carbocycles. The smallest absolute Gasteiger partial charge is 0.320 e. The SMILES string of the molecule is CCCCCCCCCCCCCCCC(=O)CN[C@@H](C)C(=O)O. The van der Waals surface area contributed by atoms with Crippen molar-refractivity contribution in [1.29, 1.82) is 0 Å². The molecule has 0 aliphatic rings. The van der Waals surface area contributed by atoms with Gasteiger partial charge in [0.15, 0.2) is 0 Å². The van der Waals surface area contributed by atoms with Crippen molar-refractivity contribution in [3.63, 3.8) is 0 Å². The summed E-state index contributed by atoms with van der Waals surface area (Å²) in [5.74, 6) is -0.796. The highest BCUT2D eigenvalue weighted by molar-refractivity contribution is 5.81. The van der Waals surface area contributed by atoms with Crippen LogP contribution in [0.15, 0.2) is 0 Å². The van der Waals surface area contributed by atoms with E-state index in [1.165, 1.54) is 70.6 Å². The van der Waals surface area contributed by atoms with Crippen molar-refractivity contribution in [1.82, 2.24) is 5.32 Å². The molecule has 24 heavy (non-hydrogen) atoms. The molecule has 0 saturated heterocycles. The minimum Gasteiger partial charge on any atom is -0.480 e. The number of Topliss-reactive ketones (excluding diaryl/α,β-unsaturated/α-hetero) is 1. The summed E-state index contributed by atoms with van der Waals surface area (Å²) < 4.78 is 0. The number of nitrogens with one attached hydrogen (secondary N) is 1. The van der Waals surface area contributed by atoms with Crippen molar-refractivity contribution >= 4 is 11.8 Å². The maximum absolute atomic E-state index is 11.6. The molecule has 0 saturated carbocycles. The Morgan fingerprint density at radius 1 is 0.792 bits per heavy atom. The molecule has 2 N–H and O–H groups in total. The second kappa shape index (κ2) is 16.9. The molecule has 0 aromatic rings. The standard InChI is InChI=1S/C20H39NO3/c1-3-4-5-6-7-8-9-10-11-12-13-14-15-16-19(22)17-21-18(2)20(23)24/h18,21H,3-17H2,1-2H3,(H,23,24)/t18-/m0/s1. The fourth-order valence-electron chi connectivity index (χ4n) is 2.78. The minimum atomic E-state index is -0.913. The highest BCUT2D eigenvalue weighted by atomic mass is 16.4. The van der Waals surface area contributed by atoms with Gasteiger partial charge in [0.1, 0.15) is 11.8 Å². The largest absolute Gasteiger partial charge is 0.480 e. The van der Waals surface area contributed by atoms with Gasteiger partial charge in [-0.15, -0.1) is 0 Å². The zero-order valence-corrected chi connectivity index (χ0v) is 15.9. The maximum atomic E-state index is 11.6. The lowest BCUT2D eigenvalue weighted by molar-refractivity contribution is -0.139. The third-order valence-electron chi connectivity index (χ3n) is 4.54. The molecular weight excluding hydrogens is 302 g/mol. The third kappa shape index (κ3) is 16.0. The fourth-order valence-corrected chi connectivity index (χ4v) is 2.78. The summed E-state index contributed by atoms with van der Waals surface area (Å²) >= 11 is 0. The molecule has 1 atom stereocenters. The average molecular weight is 342 g/mol. The Morgan fingerprint density at radius 3 is 1.62 bits per heavy atom. The summed E-state index contributed by atoms with van der Waals surface area (Å²) in [5.41, 5.74) is 0. The second-order valence-electron chi connectivity index (χ2n) is 6.97. The van der Waals surface area contributed by atoms with E-state index in [0.717, 1.165) is 12.8 Å². The number of unbranched alkanes of at least 4 members (excludes halogenated alkanes) is 12. The Hall–Kier alpha value is -0.900. The molecule has 0 bridgehead atoms. The van der Waals surface area contributed by atoms with Crippen LogP contribution in [0, 0.1) is 0 Å². The number of hydrogen-bond donors (Lipinski definition) is 2. The van der Waals surface area contributed by atoms with Crippen molar-refractivity contribution in [2.24, 2.45) is 0 Å². The van der Waals surface area contributed by atoms with Gasteiger partial charge in [0.25, 0.3) is 0 Å². The molecular formula is C20H39NO3. The monoisotopic (exact) mass is 341 g/mol. The lowest BCUT2D eigenvalue weighted by atomic mass is 10.0. The Bertz CT molecular complexity index is 318. The Kier molecular flexibility index (Phi) is 16.3. The summed E-state index contributed by atoms with van der Waals surface area (Å²) in [6, 6.07) is -0.652. The maximum Gasteiger partial charge on any atom is 0.320 e. The molecule has 0 rings (SSSR count). The summed E-state index contributed by atoms with van der Waals surface area (Å²) in [5, 5.41) is 11.4. The lowest BCUT2D eigenvalue weighted by Crippen LogP contribution is -2.37. The van der Waals surface area contributed by atoms with Gasteiger partial charge in [-0.25, -0.2) is 0 Å². The van der Waals surface area contributed by atoms with E-state index in [-0.39, 0.29) is 12.3 Å². The van der Waals surface area contributed by atoms with E-state index in [1.807, 2.05) is 0 Å². The first-order valence-electron chi connectivity index (χ1n) is 10.1. The van der Waals surface area contributed by atoms with Crippen LogP contribution in [0.1, 0.15) is 104 Å². The molecule has 0 aliphatic heterocycles. The van der Waals surface area contributed by atoms with Gasteiger partial charge in [0.05, 0.1) is 6.54 Å². The van der Waals surface area contributed by atoms with E-state index in [9.17, 15) is 9.59 Å². The first-order valence-corrected chi connectivity index (χ1v) is 10.1. The van der Waals surface area contributed by atoms with Crippen LogP contribution in [0.3, 0.4) is 0 Å². The third-order valence-corrected chi connectivity index (χ3v) is 4.54. The normalized spacial score (nSPS) is 12.2. The fraction of sp³-hybridized carbons (Fsp3) is 0.900. The van der Waals surface area contributed by atoms with Gasteiger partial charge in [-0.2, -0.15) is 0 Å². The van der Waals surface area contributed by atoms with Gasteiger partial charge in [-0.05, 0) is 13.3 Å². The van der Waals surface area contributed by atoms with Gasteiger partial charge in [-0.3, -0.25) is 14.9 Å². The molecule has 4 nitrogen and oxygen atoms in total. The zero-order chi connectivity index (χ0) is 18.0.